The predicted octanol–water partition coefficient (Wildman–Crippen LogP) is 3.57. The van der Waals surface area contributed by atoms with E-state index < -0.39 is 0 Å². The first-order valence-corrected chi connectivity index (χ1v) is 9.47. The Kier molecular flexibility index (Phi) is 4.74. The summed E-state index contributed by atoms with van der Waals surface area (Å²) in [5.41, 5.74) is 1.55. The average Bonchev–Trinajstić information content (AvgIpc) is 3.23. The zero-order chi connectivity index (χ0) is 16.4. The minimum absolute atomic E-state index is 0.0347. The second kappa shape index (κ2) is 6.77. The van der Waals surface area contributed by atoms with Gasteiger partial charge < -0.3 is 4.74 Å². The fraction of sp³-hybridized carbons (Fsp3) is 0.267. The van der Waals surface area contributed by atoms with Crippen LogP contribution in [0.1, 0.15) is 21.1 Å². The molecule has 0 N–H and O–H groups in total. The second-order valence-electron chi connectivity index (χ2n) is 4.84. The highest BCUT2D eigenvalue weighted by molar-refractivity contribution is 7.22. The molecule has 0 fully saturated rings. The molecule has 3 aromatic rings. The molecule has 0 radical (unpaired) electrons. The lowest BCUT2D eigenvalue weighted by Gasteiger charge is -2.05. The van der Waals surface area contributed by atoms with Crippen LogP contribution in [0, 0.1) is 13.8 Å². The zero-order valence-corrected chi connectivity index (χ0v) is 15.0. The largest absolute Gasteiger partial charge is 0.460 e. The molecule has 0 aliphatic carbocycles. The fourth-order valence-corrected chi connectivity index (χ4v) is 4.58. The zero-order valence-electron chi connectivity index (χ0n) is 12.6. The molecule has 0 saturated carbocycles. The Morgan fingerprint density at radius 3 is 2.83 bits per heavy atom. The van der Waals surface area contributed by atoms with Gasteiger partial charge in [-0.15, -0.1) is 22.7 Å². The Labute approximate surface area is 144 Å². The predicted molar refractivity (Wildman–Crippen MR) is 93.8 cm³/mol. The van der Waals surface area contributed by atoms with Crippen molar-refractivity contribution < 1.29 is 9.53 Å². The third-order valence-electron chi connectivity index (χ3n) is 3.24. The summed E-state index contributed by atoms with van der Waals surface area (Å²) in [5.74, 6) is -0.385. The van der Waals surface area contributed by atoms with Gasteiger partial charge in [-0.3, -0.25) is 9.36 Å². The van der Waals surface area contributed by atoms with E-state index in [1.807, 2.05) is 24.4 Å². The maximum Gasteiger partial charge on any atom is 0.350 e. The first-order chi connectivity index (χ1) is 11.1. The van der Waals surface area contributed by atoms with Crippen LogP contribution in [0.25, 0.3) is 9.88 Å². The van der Waals surface area contributed by atoms with Crippen molar-refractivity contribution in [2.24, 2.45) is 0 Å². The minimum atomic E-state index is -0.385. The van der Waals surface area contributed by atoms with Crippen molar-refractivity contribution in [1.82, 2.24) is 9.55 Å². The summed E-state index contributed by atoms with van der Waals surface area (Å²) in [6, 6.07) is 3.93. The number of ether oxygens (including phenoxy) is 1. The second-order valence-corrected chi connectivity index (χ2v) is 7.61. The Morgan fingerprint density at radius 1 is 1.35 bits per heavy atom. The molecular weight excluding hydrogens is 352 g/mol. The molecule has 3 heterocycles. The Bertz CT molecular complexity index is 874. The quantitative estimate of drug-likeness (QED) is 0.648. The van der Waals surface area contributed by atoms with Crippen LogP contribution in [0.4, 0.5) is 0 Å². The number of carbonyl (C=O) groups excluding carboxylic acids is 1. The van der Waals surface area contributed by atoms with Gasteiger partial charge in [0.2, 0.25) is 0 Å². The number of thiazole rings is 2. The molecule has 0 aromatic carbocycles. The van der Waals surface area contributed by atoms with E-state index in [1.165, 1.54) is 11.3 Å². The van der Waals surface area contributed by atoms with Crippen LogP contribution in [-0.4, -0.2) is 22.1 Å². The molecule has 3 aromatic heterocycles. The van der Waals surface area contributed by atoms with Crippen LogP contribution in [-0.2, 0) is 11.3 Å². The topological polar surface area (TPSA) is 61.2 Å². The highest BCUT2D eigenvalue weighted by Crippen LogP contribution is 2.31. The van der Waals surface area contributed by atoms with E-state index in [-0.39, 0.29) is 17.4 Å². The van der Waals surface area contributed by atoms with Crippen molar-refractivity contribution in [2.45, 2.75) is 20.4 Å². The van der Waals surface area contributed by atoms with Crippen molar-refractivity contribution in [3.8, 4) is 9.88 Å². The number of hydrogen-bond acceptors (Lipinski definition) is 7. The van der Waals surface area contributed by atoms with E-state index >= 15 is 0 Å². The maximum atomic E-state index is 12.2. The molecule has 5 nitrogen and oxygen atoms in total. The van der Waals surface area contributed by atoms with E-state index in [0.29, 0.717) is 17.1 Å². The lowest BCUT2D eigenvalue weighted by atomic mass is 10.4. The molecule has 0 spiro atoms. The molecule has 0 aliphatic rings. The van der Waals surface area contributed by atoms with Gasteiger partial charge in [-0.25, -0.2) is 9.78 Å². The molecule has 0 atom stereocenters. The first kappa shape index (κ1) is 16.1. The fourth-order valence-electron chi connectivity index (χ4n) is 2.06. The number of carbonyl (C=O) groups is 1. The molecule has 8 heteroatoms. The lowest BCUT2D eigenvalue weighted by molar-refractivity contribution is 0.0495. The van der Waals surface area contributed by atoms with Crippen molar-refractivity contribution >= 4 is 40.0 Å². The monoisotopic (exact) mass is 366 g/mol. The Hall–Kier alpha value is -1.77. The Balaban J connectivity index is 1.66. The number of thiophene rings is 1. The van der Waals surface area contributed by atoms with Crippen LogP contribution >= 0.6 is 34.0 Å². The van der Waals surface area contributed by atoms with E-state index in [4.69, 9.17) is 4.74 Å². The van der Waals surface area contributed by atoms with Gasteiger partial charge in [0.05, 0.1) is 17.1 Å². The molecule has 3 rings (SSSR count). The number of hydrogen-bond donors (Lipinski definition) is 0. The van der Waals surface area contributed by atoms with Crippen LogP contribution in [0.2, 0.25) is 0 Å². The highest BCUT2D eigenvalue weighted by atomic mass is 32.1. The summed E-state index contributed by atoms with van der Waals surface area (Å²) >= 11 is 4.08. The molecule has 0 bridgehead atoms. The molecule has 0 amide bonds. The van der Waals surface area contributed by atoms with Gasteiger partial charge >= 0.3 is 10.8 Å². The third-order valence-corrected chi connectivity index (χ3v) is 6.30. The van der Waals surface area contributed by atoms with Gasteiger partial charge in [-0.05, 0) is 25.3 Å². The van der Waals surface area contributed by atoms with E-state index in [9.17, 15) is 9.59 Å². The van der Waals surface area contributed by atoms with Crippen molar-refractivity contribution in [1.29, 1.82) is 0 Å². The molecule has 0 unspecified atom stereocenters. The molecule has 120 valence electrons. The standard InChI is InChI=1S/C15H14N2O3S3/c1-9-8-22-15(19)17(9)5-6-20-14(18)12-10(2)16-13(23-12)11-4-3-7-21-11/h3-4,7-8H,5-6H2,1-2H3. The van der Waals surface area contributed by atoms with E-state index in [2.05, 4.69) is 4.98 Å². The number of esters is 1. The van der Waals surface area contributed by atoms with Crippen LogP contribution in [0.5, 0.6) is 0 Å². The average molecular weight is 366 g/mol. The summed E-state index contributed by atoms with van der Waals surface area (Å²) in [6.07, 6.45) is 0. The Morgan fingerprint density at radius 2 is 2.17 bits per heavy atom. The van der Waals surface area contributed by atoms with Crippen molar-refractivity contribution in [2.75, 3.05) is 6.61 Å². The molecule has 0 aliphatic heterocycles. The minimum Gasteiger partial charge on any atom is -0.460 e. The van der Waals surface area contributed by atoms with Crippen LogP contribution < -0.4 is 4.87 Å². The first-order valence-electron chi connectivity index (χ1n) is 6.89. The van der Waals surface area contributed by atoms with Gasteiger partial charge in [-0.2, -0.15) is 0 Å². The maximum absolute atomic E-state index is 12.2. The highest BCUT2D eigenvalue weighted by Gasteiger charge is 2.18. The number of nitrogens with zero attached hydrogens (tertiary/aromatic N) is 2. The van der Waals surface area contributed by atoms with Gasteiger partial charge in [0.15, 0.2) is 0 Å². The summed E-state index contributed by atoms with van der Waals surface area (Å²) in [6.45, 7) is 4.20. The van der Waals surface area contributed by atoms with Gasteiger partial charge in [0, 0.05) is 11.1 Å². The lowest BCUT2D eigenvalue weighted by Crippen LogP contribution is -2.19. The molecule has 0 saturated heterocycles. The van der Waals surface area contributed by atoms with Crippen LogP contribution in [0.3, 0.4) is 0 Å². The summed E-state index contributed by atoms with van der Waals surface area (Å²) in [4.78, 5) is 29.8. The molecule has 23 heavy (non-hydrogen) atoms. The summed E-state index contributed by atoms with van der Waals surface area (Å²) in [7, 11) is 0. The van der Waals surface area contributed by atoms with Gasteiger partial charge in [0.1, 0.15) is 16.5 Å². The van der Waals surface area contributed by atoms with Crippen molar-refractivity contribution in [3.63, 3.8) is 0 Å². The number of aromatic nitrogens is 2. The van der Waals surface area contributed by atoms with E-state index in [1.54, 1.807) is 28.2 Å². The van der Waals surface area contributed by atoms with Gasteiger partial charge in [0.25, 0.3) is 0 Å². The number of rotatable bonds is 5. The molecular formula is C15H14N2O3S3. The van der Waals surface area contributed by atoms with Gasteiger partial charge in [-0.1, -0.05) is 17.4 Å². The van der Waals surface area contributed by atoms with Crippen molar-refractivity contribution in [3.05, 3.63) is 48.8 Å². The number of aryl methyl sites for hydroxylation is 2. The van der Waals surface area contributed by atoms with E-state index in [0.717, 1.165) is 26.9 Å². The third kappa shape index (κ3) is 3.44. The SMILES string of the molecule is Cc1nc(-c2cccs2)sc1C(=O)OCCn1c(C)csc1=O. The summed E-state index contributed by atoms with van der Waals surface area (Å²) in [5, 5.41) is 4.60. The summed E-state index contributed by atoms with van der Waals surface area (Å²) < 4.78 is 6.91. The van der Waals surface area contributed by atoms with Crippen LogP contribution in [0.15, 0.2) is 27.7 Å². The normalized spacial score (nSPS) is 10.9. The smallest absolute Gasteiger partial charge is 0.350 e.